The number of anilines is 2. The van der Waals surface area contributed by atoms with Gasteiger partial charge in [-0.05, 0) is 54.4 Å². The molecular weight excluding hydrogens is 409 g/mol. The van der Waals surface area contributed by atoms with Crippen LogP contribution in [0.1, 0.15) is 30.0 Å². The maximum atomic E-state index is 13.1. The fourth-order valence-corrected chi connectivity index (χ4v) is 3.86. The van der Waals surface area contributed by atoms with Crippen molar-refractivity contribution in [3.63, 3.8) is 0 Å². The molecule has 0 aliphatic carbocycles. The summed E-state index contributed by atoms with van der Waals surface area (Å²) in [6.45, 7) is 3.55. The van der Waals surface area contributed by atoms with Gasteiger partial charge in [-0.2, -0.15) is 13.2 Å². The van der Waals surface area contributed by atoms with Gasteiger partial charge in [0, 0.05) is 13.5 Å². The Morgan fingerprint density at radius 3 is 2.26 bits per heavy atom. The van der Waals surface area contributed by atoms with Crippen molar-refractivity contribution in [2.45, 2.75) is 26.1 Å². The van der Waals surface area contributed by atoms with E-state index >= 15 is 0 Å². The molecule has 2 heterocycles. The fraction of sp³-hybridized carbons (Fsp3) is 0.217. The monoisotopic (exact) mass is 428 g/mol. The highest BCUT2D eigenvalue weighted by molar-refractivity contribution is 6.10. The molecule has 0 saturated heterocycles. The fourth-order valence-electron chi connectivity index (χ4n) is 3.86. The minimum atomic E-state index is -4.42. The zero-order valence-electron chi connectivity index (χ0n) is 16.8. The number of alkyl halides is 3. The van der Waals surface area contributed by atoms with Crippen molar-refractivity contribution in [2.24, 2.45) is 0 Å². The molecule has 2 amide bonds. The van der Waals surface area contributed by atoms with Crippen LogP contribution in [-0.4, -0.2) is 24.4 Å². The predicted octanol–water partition coefficient (Wildman–Crippen LogP) is 5.37. The summed E-state index contributed by atoms with van der Waals surface area (Å²) < 4.78 is 43.9. The molecule has 31 heavy (non-hydrogen) atoms. The number of carbonyl (C=O) groups is 2. The molecule has 0 fully saturated rings. The number of nitrogens with zero attached hydrogens (tertiary/aromatic N) is 2. The number of benzene rings is 2. The molecular formula is C23H19F3N2O3. The first kappa shape index (κ1) is 20.7. The average Bonchev–Trinajstić information content (AvgIpc) is 3.26. The second-order valence-electron chi connectivity index (χ2n) is 7.41. The highest BCUT2D eigenvalue weighted by Crippen LogP contribution is 2.40. The Kier molecular flexibility index (Phi) is 5.08. The Balaban J connectivity index is 1.80. The van der Waals surface area contributed by atoms with Crippen molar-refractivity contribution < 1.29 is 27.2 Å². The Labute approximate surface area is 176 Å². The number of furan rings is 1. The van der Waals surface area contributed by atoms with Gasteiger partial charge in [0.25, 0.3) is 5.91 Å². The lowest BCUT2D eigenvalue weighted by Gasteiger charge is -2.40. The summed E-state index contributed by atoms with van der Waals surface area (Å²) in [4.78, 5) is 28.5. The SMILES string of the molecule is CC(=O)N1c2ccc(-c3ccc(C(F)(F)F)cc3)cc2N(C(=O)c2ccco2)C[C@@H]1C. The van der Waals surface area contributed by atoms with Gasteiger partial charge in [-0.25, -0.2) is 0 Å². The largest absolute Gasteiger partial charge is 0.459 e. The topological polar surface area (TPSA) is 53.8 Å². The number of hydrogen-bond acceptors (Lipinski definition) is 3. The van der Waals surface area contributed by atoms with Crippen LogP contribution >= 0.6 is 0 Å². The standard InChI is InChI=1S/C23H19F3N2O3/c1-14-13-27(22(30)21-4-3-11-31-21)20-12-17(7-10-19(20)28(14)15(2)29)16-5-8-18(9-6-16)23(24,25)26/h3-12,14H,13H2,1-2H3/t14-/m0/s1. The smallest absolute Gasteiger partial charge is 0.416 e. The zero-order valence-corrected chi connectivity index (χ0v) is 16.8. The van der Waals surface area contributed by atoms with Crippen molar-refractivity contribution in [1.82, 2.24) is 0 Å². The van der Waals surface area contributed by atoms with Crippen molar-refractivity contribution in [3.8, 4) is 11.1 Å². The third-order valence-corrected chi connectivity index (χ3v) is 5.28. The number of rotatable bonds is 2. The highest BCUT2D eigenvalue weighted by Gasteiger charge is 2.35. The minimum Gasteiger partial charge on any atom is -0.459 e. The average molecular weight is 428 g/mol. The summed E-state index contributed by atoms with van der Waals surface area (Å²) in [6, 6.07) is 12.9. The lowest BCUT2D eigenvalue weighted by Crippen LogP contribution is -2.51. The molecule has 0 radical (unpaired) electrons. The van der Waals surface area contributed by atoms with Gasteiger partial charge in [0.15, 0.2) is 5.76 Å². The Bertz CT molecular complexity index is 1120. The molecule has 0 spiro atoms. The third kappa shape index (κ3) is 3.81. The molecule has 0 bridgehead atoms. The van der Waals surface area contributed by atoms with E-state index in [1.165, 1.54) is 30.2 Å². The van der Waals surface area contributed by atoms with Crippen molar-refractivity contribution >= 4 is 23.2 Å². The first-order valence-electron chi connectivity index (χ1n) is 9.63. The van der Waals surface area contributed by atoms with Crippen LogP contribution in [0.2, 0.25) is 0 Å². The van der Waals surface area contributed by atoms with Crippen LogP contribution in [0.4, 0.5) is 24.5 Å². The molecule has 3 aromatic rings. The quantitative estimate of drug-likeness (QED) is 0.552. The second-order valence-corrected chi connectivity index (χ2v) is 7.41. The summed E-state index contributed by atoms with van der Waals surface area (Å²) in [5.74, 6) is -0.360. The Morgan fingerprint density at radius 2 is 1.68 bits per heavy atom. The molecule has 0 unspecified atom stereocenters. The van der Waals surface area contributed by atoms with Crippen molar-refractivity contribution in [1.29, 1.82) is 0 Å². The van der Waals surface area contributed by atoms with E-state index in [-0.39, 0.29) is 30.2 Å². The molecule has 0 saturated carbocycles. The number of halogens is 3. The predicted molar refractivity (Wildman–Crippen MR) is 110 cm³/mol. The number of amides is 2. The molecule has 1 aliphatic heterocycles. The van der Waals surface area contributed by atoms with Gasteiger partial charge < -0.3 is 14.2 Å². The number of fused-ring (bicyclic) bond motifs is 1. The van der Waals surface area contributed by atoms with Crippen LogP contribution in [0, 0.1) is 0 Å². The summed E-state index contributed by atoms with van der Waals surface area (Å²) in [6.07, 6.45) is -3.01. The van der Waals surface area contributed by atoms with Gasteiger partial charge in [-0.1, -0.05) is 18.2 Å². The van der Waals surface area contributed by atoms with Gasteiger partial charge in [0.1, 0.15) is 0 Å². The first-order chi connectivity index (χ1) is 14.7. The Morgan fingerprint density at radius 1 is 1.00 bits per heavy atom. The van der Waals surface area contributed by atoms with Gasteiger partial charge >= 0.3 is 6.18 Å². The minimum absolute atomic E-state index is 0.161. The molecule has 8 heteroatoms. The maximum Gasteiger partial charge on any atom is 0.416 e. The van der Waals surface area contributed by atoms with Crippen molar-refractivity contribution in [3.05, 3.63) is 72.2 Å². The van der Waals surface area contributed by atoms with E-state index in [9.17, 15) is 22.8 Å². The van der Waals surface area contributed by atoms with Crippen LogP contribution in [0.15, 0.2) is 65.3 Å². The van der Waals surface area contributed by atoms with Crippen LogP contribution in [0.5, 0.6) is 0 Å². The molecule has 2 aromatic carbocycles. The van der Waals surface area contributed by atoms with E-state index in [1.807, 2.05) is 6.92 Å². The second kappa shape index (κ2) is 7.61. The van der Waals surface area contributed by atoms with Gasteiger partial charge in [-0.15, -0.1) is 0 Å². The molecule has 4 rings (SSSR count). The summed E-state index contributed by atoms with van der Waals surface area (Å²) >= 11 is 0. The van der Waals surface area contributed by atoms with Crippen molar-refractivity contribution in [2.75, 3.05) is 16.3 Å². The zero-order chi connectivity index (χ0) is 22.3. The van der Waals surface area contributed by atoms with Crippen LogP contribution in [-0.2, 0) is 11.0 Å². The van der Waals surface area contributed by atoms with E-state index in [4.69, 9.17) is 4.42 Å². The first-order valence-corrected chi connectivity index (χ1v) is 9.63. The number of hydrogen-bond donors (Lipinski definition) is 0. The van der Waals surface area contributed by atoms with E-state index in [0.29, 0.717) is 22.5 Å². The summed E-state index contributed by atoms with van der Waals surface area (Å²) in [5.41, 5.74) is 1.51. The third-order valence-electron chi connectivity index (χ3n) is 5.28. The lowest BCUT2D eigenvalue weighted by molar-refractivity contribution is -0.137. The van der Waals surface area contributed by atoms with E-state index in [1.54, 1.807) is 35.2 Å². The van der Waals surface area contributed by atoms with Gasteiger partial charge in [0.05, 0.1) is 29.2 Å². The molecule has 1 aliphatic rings. The highest BCUT2D eigenvalue weighted by atomic mass is 19.4. The molecule has 160 valence electrons. The molecule has 0 N–H and O–H groups in total. The van der Waals surface area contributed by atoms with Crippen LogP contribution in [0.3, 0.4) is 0 Å². The van der Waals surface area contributed by atoms with E-state index in [0.717, 1.165) is 12.1 Å². The number of carbonyl (C=O) groups excluding carboxylic acids is 2. The van der Waals surface area contributed by atoms with Gasteiger partial charge in [-0.3, -0.25) is 9.59 Å². The molecule has 5 nitrogen and oxygen atoms in total. The van der Waals surface area contributed by atoms with E-state index < -0.39 is 11.7 Å². The lowest BCUT2D eigenvalue weighted by atomic mass is 9.99. The van der Waals surface area contributed by atoms with Gasteiger partial charge in [0.2, 0.25) is 5.91 Å². The summed E-state index contributed by atoms with van der Waals surface area (Å²) in [7, 11) is 0. The molecule has 1 atom stereocenters. The molecule has 1 aromatic heterocycles. The summed E-state index contributed by atoms with van der Waals surface area (Å²) in [5, 5.41) is 0. The van der Waals surface area contributed by atoms with Crippen LogP contribution < -0.4 is 9.80 Å². The Hall–Kier alpha value is -3.55. The van der Waals surface area contributed by atoms with Crippen LogP contribution in [0.25, 0.3) is 11.1 Å². The van der Waals surface area contributed by atoms with E-state index in [2.05, 4.69) is 0 Å². The maximum absolute atomic E-state index is 13.1. The normalized spacial score (nSPS) is 16.2.